The molecule has 3 rings (SSSR count). The first kappa shape index (κ1) is 14.3. The Bertz CT molecular complexity index is 756. The Hall–Kier alpha value is -1.66. The van der Waals surface area contributed by atoms with Gasteiger partial charge in [0.1, 0.15) is 0 Å². The topological polar surface area (TPSA) is 79.2 Å². The van der Waals surface area contributed by atoms with E-state index in [1.807, 2.05) is 18.2 Å². The van der Waals surface area contributed by atoms with Gasteiger partial charge in [0.25, 0.3) is 5.91 Å². The third-order valence-corrected chi connectivity index (χ3v) is 4.63. The summed E-state index contributed by atoms with van der Waals surface area (Å²) in [5.74, 6) is 0.258. The van der Waals surface area contributed by atoms with Crippen molar-refractivity contribution in [2.75, 3.05) is 19.6 Å². The average molecular weight is 350 g/mol. The van der Waals surface area contributed by atoms with Gasteiger partial charge in [-0.15, -0.1) is 0 Å². The second-order valence-corrected chi connectivity index (χ2v) is 6.21. The minimum absolute atomic E-state index is 0.0971. The number of pyridine rings is 1. The second kappa shape index (κ2) is 5.61. The Kier molecular flexibility index (Phi) is 3.82. The molecular formula is C15H16BrN3O2. The number of aromatic nitrogens is 1. The molecule has 1 saturated heterocycles. The van der Waals surface area contributed by atoms with Gasteiger partial charge in [-0.2, -0.15) is 0 Å². The molecule has 110 valence electrons. The van der Waals surface area contributed by atoms with Gasteiger partial charge in [0, 0.05) is 29.0 Å². The van der Waals surface area contributed by atoms with Gasteiger partial charge >= 0.3 is 0 Å². The standard InChI is InChI=1S/C15H16BrN3O2/c16-12-3-1-2-10-11(6-13(20)18-14(10)12)15(21)19-5-4-9(7-17)8-19/h1-3,6,9H,4-5,7-8,17H2,(H,18,20). The third-order valence-electron chi connectivity index (χ3n) is 3.96. The first-order valence-electron chi connectivity index (χ1n) is 6.91. The number of fused-ring (bicyclic) bond motifs is 1. The van der Waals surface area contributed by atoms with Gasteiger partial charge in [-0.05, 0) is 40.9 Å². The van der Waals surface area contributed by atoms with Crippen LogP contribution in [0.1, 0.15) is 16.8 Å². The van der Waals surface area contributed by atoms with E-state index in [2.05, 4.69) is 20.9 Å². The quantitative estimate of drug-likeness (QED) is 0.866. The summed E-state index contributed by atoms with van der Waals surface area (Å²) >= 11 is 3.41. The van der Waals surface area contributed by atoms with Crippen molar-refractivity contribution in [3.63, 3.8) is 0 Å². The Morgan fingerprint density at radius 1 is 1.48 bits per heavy atom. The molecular weight excluding hydrogens is 334 g/mol. The molecule has 0 radical (unpaired) electrons. The number of nitrogens with two attached hydrogens (primary N) is 1. The highest BCUT2D eigenvalue weighted by Gasteiger charge is 2.27. The zero-order chi connectivity index (χ0) is 15.0. The van der Waals surface area contributed by atoms with E-state index in [9.17, 15) is 9.59 Å². The molecule has 1 aliphatic heterocycles. The average Bonchev–Trinajstić information content (AvgIpc) is 2.96. The van der Waals surface area contributed by atoms with Crippen molar-refractivity contribution in [2.24, 2.45) is 11.7 Å². The summed E-state index contributed by atoms with van der Waals surface area (Å²) in [7, 11) is 0. The van der Waals surface area contributed by atoms with E-state index in [1.54, 1.807) is 4.90 Å². The molecule has 1 fully saturated rings. The largest absolute Gasteiger partial charge is 0.338 e. The maximum Gasteiger partial charge on any atom is 0.254 e. The van der Waals surface area contributed by atoms with Crippen molar-refractivity contribution >= 4 is 32.7 Å². The van der Waals surface area contributed by atoms with E-state index in [0.29, 0.717) is 36.6 Å². The molecule has 0 saturated carbocycles. The number of nitrogens with zero attached hydrogens (tertiary/aromatic N) is 1. The highest BCUT2D eigenvalue weighted by atomic mass is 79.9. The molecule has 21 heavy (non-hydrogen) atoms. The Morgan fingerprint density at radius 3 is 3.00 bits per heavy atom. The summed E-state index contributed by atoms with van der Waals surface area (Å²) in [5, 5.41) is 0.755. The Morgan fingerprint density at radius 2 is 2.29 bits per heavy atom. The number of hydrogen-bond donors (Lipinski definition) is 2. The van der Waals surface area contributed by atoms with Crippen molar-refractivity contribution in [1.82, 2.24) is 9.88 Å². The van der Waals surface area contributed by atoms with Crippen LogP contribution >= 0.6 is 15.9 Å². The maximum atomic E-state index is 12.7. The first-order chi connectivity index (χ1) is 10.1. The number of carbonyl (C=O) groups is 1. The van der Waals surface area contributed by atoms with Crippen molar-refractivity contribution in [2.45, 2.75) is 6.42 Å². The number of aromatic amines is 1. The fraction of sp³-hybridized carbons (Fsp3) is 0.333. The Labute approximate surface area is 130 Å². The number of hydrogen-bond acceptors (Lipinski definition) is 3. The molecule has 6 heteroatoms. The van der Waals surface area contributed by atoms with Gasteiger partial charge in [-0.3, -0.25) is 9.59 Å². The molecule has 0 aliphatic carbocycles. The lowest BCUT2D eigenvalue weighted by molar-refractivity contribution is 0.0789. The number of benzene rings is 1. The van der Waals surface area contributed by atoms with Crippen LogP contribution in [0.5, 0.6) is 0 Å². The van der Waals surface area contributed by atoms with Crippen molar-refractivity contribution < 1.29 is 4.79 Å². The van der Waals surface area contributed by atoms with Gasteiger partial charge in [0.05, 0.1) is 11.1 Å². The number of amides is 1. The van der Waals surface area contributed by atoms with Crippen LogP contribution < -0.4 is 11.3 Å². The van der Waals surface area contributed by atoms with E-state index >= 15 is 0 Å². The van der Waals surface area contributed by atoms with Crippen molar-refractivity contribution in [1.29, 1.82) is 0 Å². The fourth-order valence-corrected chi connectivity index (χ4v) is 3.27. The molecule has 2 aromatic rings. The van der Waals surface area contributed by atoms with Gasteiger partial charge in [0.2, 0.25) is 5.56 Å². The third kappa shape index (κ3) is 2.61. The number of rotatable bonds is 2. The van der Waals surface area contributed by atoms with Crippen LogP contribution in [-0.4, -0.2) is 35.4 Å². The van der Waals surface area contributed by atoms with Crippen molar-refractivity contribution in [3.8, 4) is 0 Å². The second-order valence-electron chi connectivity index (χ2n) is 5.35. The normalized spacial score (nSPS) is 18.4. The molecule has 0 bridgehead atoms. The summed E-state index contributed by atoms with van der Waals surface area (Å²) in [4.78, 5) is 29.1. The van der Waals surface area contributed by atoms with Crippen LogP contribution in [0.2, 0.25) is 0 Å². The molecule has 1 amide bonds. The molecule has 1 aromatic heterocycles. The number of H-pyrrole nitrogens is 1. The highest BCUT2D eigenvalue weighted by Crippen LogP contribution is 2.25. The maximum absolute atomic E-state index is 12.7. The van der Waals surface area contributed by atoms with Gasteiger partial charge in [-0.25, -0.2) is 0 Å². The van der Waals surface area contributed by atoms with Gasteiger partial charge in [0.15, 0.2) is 0 Å². The summed E-state index contributed by atoms with van der Waals surface area (Å²) in [6.07, 6.45) is 0.924. The fourth-order valence-electron chi connectivity index (χ4n) is 2.80. The Balaban J connectivity index is 2.06. The number of halogens is 1. The predicted octanol–water partition coefficient (Wildman–Crippen LogP) is 1.71. The zero-order valence-electron chi connectivity index (χ0n) is 11.4. The zero-order valence-corrected chi connectivity index (χ0v) is 13.0. The first-order valence-corrected chi connectivity index (χ1v) is 7.70. The smallest absolute Gasteiger partial charge is 0.254 e. The molecule has 1 unspecified atom stereocenters. The monoisotopic (exact) mass is 349 g/mol. The van der Waals surface area contributed by atoms with E-state index in [4.69, 9.17) is 5.73 Å². The molecule has 1 aliphatic rings. The van der Waals surface area contributed by atoms with Crippen LogP contribution in [0.3, 0.4) is 0 Å². The van der Waals surface area contributed by atoms with Crippen LogP contribution in [0.4, 0.5) is 0 Å². The molecule has 1 aromatic carbocycles. The molecule has 3 N–H and O–H groups in total. The number of carbonyl (C=O) groups excluding carboxylic acids is 1. The van der Waals surface area contributed by atoms with Crippen molar-refractivity contribution in [3.05, 3.63) is 44.7 Å². The summed E-state index contributed by atoms with van der Waals surface area (Å²) in [6, 6.07) is 6.92. The van der Waals surface area contributed by atoms with E-state index < -0.39 is 0 Å². The molecule has 0 spiro atoms. The van der Waals surface area contributed by atoms with E-state index in [1.165, 1.54) is 6.07 Å². The summed E-state index contributed by atoms with van der Waals surface area (Å²) in [6.45, 7) is 1.95. The van der Waals surface area contributed by atoms with Gasteiger partial charge < -0.3 is 15.6 Å². The van der Waals surface area contributed by atoms with Crippen LogP contribution in [0, 0.1) is 5.92 Å². The number of likely N-dealkylation sites (tertiary alicyclic amines) is 1. The van der Waals surface area contributed by atoms with Crippen LogP contribution in [-0.2, 0) is 0 Å². The minimum Gasteiger partial charge on any atom is -0.338 e. The van der Waals surface area contributed by atoms with Crippen LogP contribution in [0.15, 0.2) is 33.5 Å². The molecule has 1 atom stereocenters. The lowest BCUT2D eigenvalue weighted by Crippen LogP contribution is -2.30. The SMILES string of the molecule is NCC1CCN(C(=O)c2cc(=O)[nH]c3c(Br)cccc23)C1. The number of para-hydroxylation sites is 1. The minimum atomic E-state index is -0.271. The lowest BCUT2D eigenvalue weighted by Gasteiger charge is -2.17. The van der Waals surface area contributed by atoms with Crippen LogP contribution in [0.25, 0.3) is 10.9 Å². The predicted molar refractivity (Wildman–Crippen MR) is 85.3 cm³/mol. The molecule has 5 nitrogen and oxygen atoms in total. The summed E-state index contributed by atoms with van der Waals surface area (Å²) < 4.78 is 0.771. The van der Waals surface area contributed by atoms with E-state index in [0.717, 1.165) is 16.3 Å². The molecule has 2 heterocycles. The lowest BCUT2D eigenvalue weighted by atomic mass is 10.1. The van der Waals surface area contributed by atoms with E-state index in [-0.39, 0.29) is 11.5 Å². The van der Waals surface area contributed by atoms with Gasteiger partial charge in [-0.1, -0.05) is 12.1 Å². The highest BCUT2D eigenvalue weighted by molar-refractivity contribution is 9.10. The summed E-state index contributed by atoms with van der Waals surface area (Å²) in [5.41, 5.74) is 6.51. The number of nitrogens with one attached hydrogen (secondary N) is 1.